The topological polar surface area (TPSA) is 66.4 Å². The zero-order valence-corrected chi connectivity index (χ0v) is 10.3. The van der Waals surface area contributed by atoms with Gasteiger partial charge >= 0.3 is 0 Å². The van der Waals surface area contributed by atoms with E-state index in [2.05, 4.69) is 5.32 Å². The van der Waals surface area contributed by atoms with Gasteiger partial charge in [0.15, 0.2) is 0 Å². The van der Waals surface area contributed by atoms with E-state index in [1.165, 1.54) is 12.8 Å². The third-order valence-electron chi connectivity index (χ3n) is 2.74. The first-order chi connectivity index (χ1) is 6.85. The summed E-state index contributed by atoms with van der Waals surface area (Å²) in [6.07, 6.45) is 2.65. The number of rotatable bonds is 7. The molecule has 5 heteroatoms. The largest absolute Gasteiger partial charge is 0.389 e. The molecule has 2 N–H and O–H groups in total. The van der Waals surface area contributed by atoms with Crippen LogP contribution in [0.1, 0.15) is 33.1 Å². The summed E-state index contributed by atoms with van der Waals surface area (Å²) in [7, 11) is -2.96. The standard InChI is InChI=1S/C10H21NO3S/c1-3-15(13,14)7-6-10(2,12)8-11-9-4-5-9/h9,11-12H,3-8H2,1-2H3. The van der Waals surface area contributed by atoms with E-state index in [0.29, 0.717) is 19.0 Å². The maximum absolute atomic E-state index is 11.3. The molecule has 0 heterocycles. The molecule has 1 aliphatic carbocycles. The van der Waals surface area contributed by atoms with Crippen molar-refractivity contribution in [2.75, 3.05) is 18.1 Å². The van der Waals surface area contributed by atoms with Crippen molar-refractivity contribution in [2.24, 2.45) is 0 Å². The minimum absolute atomic E-state index is 0.0723. The Balaban J connectivity index is 2.27. The molecule has 0 amide bonds. The normalized spacial score (nSPS) is 21.3. The first kappa shape index (κ1) is 12.9. The predicted molar refractivity (Wildman–Crippen MR) is 60.6 cm³/mol. The Morgan fingerprint density at radius 3 is 2.53 bits per heavy atom. The molecular weight excluding hydrogens is 214 g/mol. The second-order valence-corrected chi connectivity index (χ2v) is 7.11. The molecule has 1 saturated carbocycles. The molecule has 15 heavy (non-hydrogen) atoms. The van der Waals surface area contributed by atoms with Gasteiger partial charge in [-0.1, -0.05) is 6.92 Å². The van der Waals surface area contributed by atoms with E-state index in [1.54, 1.807) is 13.8 Å². The average molecular weight is 235 g/mol. The van der Waals surface area contributed by atoms with Crippen LogP contribution in [0.25, 0.3) is 0 Å². The van der Waals surface area contributed by atoms with Crippen LogP contribution in [-0.2, 0) is 9.84 Å². The zero-order valence-electron chi connectivity index (χ0n) is 9.49. The van der Waals surface area contributed by atoms with Gasteiger partial charge in [-0.3, -0.25) is 0 Å². The van der Waals surface area contributed by atoms with Crippen LogP contribution in [0.5, 0.6) is 0 Å². The van der Waals surface area contributed by atoms with Crippen molar-refractivity contribution in [3.63, 3.8) is 0 Å². The van der Waals surface area contributed by atoms with Crippen LogP contribution in [0.3, 0.4) is 0 Å². The lowest BCUT2D eigenvalue weighted by atomic mass is 10.0. The fourth-order valence-electron chi connectivity index (χ4n) is 1.26. The number of sulfone groups is 1. The molecule has 0 saturated heterocycles. The minimum atomic E-state index is -2.96. The van der Waals surface area contributed by atoms with Crippen molar-refractivity contribution in [3.05, 3.63) is 0 Å². The quantitative estimate of drug-likeness (QED) is 0.667. The van der Waals surface area contributed by atoms with Gasteiger partial charge < -0.3 is 10.4 Å². The Hall–Kier alpha value is -0.130. The smallest absolute Gasteiger partial charge is 0.150 e. The molecule has 1 rings (SSSR count). The van der Waals surface area contributed by atoms with E-state index in [0.717, 1.165) is 0 Å². The van der Waals surface area contributed by atoms with E-state index in [4.69, 9.17) is 0 Å². The predicted octanol–water partition coefficient (Wildman–Crippen LogP) is 0.314. The van der Waals surface area contributed by atoms with Crippen molar-refractivity contribution in [1.29, 1.82) is 0 Å². The van der Waals surface area contributed by atoms with Gasteiger partial charge in [-0.05, 0) is 26.2 Å². The molecule has 1 aliphatic rings. The van der Waals surface area contributed by atoms with Crippen LogP contribution in [0.4, 0.5) is 0 Å². The lowest BCUT2D eigenvalue weighted by Gasteiger charge is -2.23. The van der Waals surface area contributed by atoms with Crippen LogP contribution in [0, 0.1) is 0 Å². The molecule has 0 aromatic heterocycles. The third kappa shape index (κ3) is 5.49. The van der Waals surface area contributed by atoms with Gasteiger partial charge in [-0.15, -0.1) is 0 Å². The number of aliphatic hydroxyl groups is 1. The lowest BCUT2D eigenvalue weighted by molar-refractivity contribution is 0.0562. The second-order valence-electron chi connectivity index (χ2n) is 4.64. The summed E-state index contributed by atoms with van der Waals surface area (Å²) in [5.74, 6) is 0.224. The Kier molecular flexibility index (Phi) is 4.14. The highest BCUT2D eigenvalue weighted by Gasteiger charge is 2.27. The van der Waals surface area contributed by atoms with Crippen LogP contribution in [-0.4, -0.2) is 43.2 Å². The summed E-state index contributed by atoms with van der Waals surface area (Å²) >= 11 is 0. The number of hydrogen-bond acceptors (Lipinski definition) is 4. The van der Waals surface area contributed by atoms with Crippen LogP contribution >= 0.6 is 0 Å². The molecule has 1 fully saturated rings. The summed E-state index contributed by atoms with van der Waals surface area (Å²) in [6.45, 7) is 3.80. The highest BCUT2D eigenvalue weighted by molar-refractivity contribution is 7.91. The Labute approximate surface area is 92.0 Å². The minimum Gasteiger partial charge on any atom is -0.389 e. The number of hydrogen-bond donors (Lipinski definition) is 2. The Bertz CT molecular complexity index is 294. The molecule has 0 aromatic carbocycles. The van der Waals surface area contributed by atoms with Crippen LogP contribution in [0.2, 0.25) is 0 Å². The van der Waals surface area contributed by atoms with Gasteiger partial charge in [0.1, 0.15) is 9.84 Å². The molecule has 90 valence electrons. The van der Waals surface area contributed by atoms with Gasteiger partial charge in [0.25, 0.3) is 0 Å². The van der Waals surface area contributed by atoms with E-state index in [-0.39, 0.29) is 11.5 Å². The highest BCUT2D eigenvalue weighted by atomic mass is 32.2. The summed E-state index contributed by atoms with van der Waals surface area (Å²) < 4.78 is 22.5. The third-order valence-corrected chi connectivity index (χ3v) is 4.45. The monoisotopic (exact) mass is 235 g/mol. The SMILES string of the molecule is CCS(=O)(=O)CCC(C)(O)CNC1CC1. The number of nitrogens with one attached hydrogen (secondary N) is 1. The molecule has 0 aromatic rings. The first-order valence-electron chi connectivity index (χ1n) is 5.51. The molecule has 0 radical (unpaired) electrons. The highest BCUT2D eigenvalue weighted by Crippen LogP contribution is 2.20. The molecule has 0 spiro atoms. The maximum Gasteiger partial charge on any atom is 0.150 e. The van der Waals surface area contributed by atoms with E-state index in [1.807, 2.05) is 0 Å². The van der Waals surface area contributed by atoms with Gasteiger partial charge in [-0.25, -0.2) is 8.42 Å². The summed E-state index contributed by atoms with van der Waals surface area (Å²) in [5.41, 5.74) is -0.912. The van der Waals surface area contributed by atoms with Crippen molar-refractivity contribution in [1.82, 2.24) is 5.32 Å². The average Bonchev–Trinajstić information content (AvgIpc) is 2.96. The summed E-state index contributed by atoms with van der Waals surface area (Å²) in [5, 5.41) is 13.1. The lowest BCUT2D eigenvalue weighted by Crippen LogP contribution is -2.40. The van der Waals surface area contributed by atoms with E-state index in [9.17, 15) is 13.5 Å². The molecule has 0 aliphatic heterocycles. The molecule has 1 atom stereocenters. The molecular formula is C10H21NO3S. The second kappa shape index (κ2) is 4.80. The van der Waals surface area contributed by atoms with E-state index < -0.39 is 15.4 Å². The maximum atomic E-state index is 11.3. The fourth-order valence-corrected chi connectivity index (χ4v) is 2.30. The summed E-state index contributed by atoms with van der Waals surface area (Å²) in [6, 6.07) is 0.541. The molecule has 0 bridgehead atoms. The van der Waals surface area contributed by atoms with Gasteiger partial charge in [0.05, 0.1) is 11.4 Å². The van der Waals surface area contributed by atoms with Crippen molar-refractivity contribution >= 4 is 9.84 Å². The Morgan fingerprint density at radius 1 is 1.47 bits per heavy atom. The summed E-state index contributed by atoms with van der Waals surface area (Å²) in [4.78, 5) is 0. The van der Waals surface area contributed by atoms with Crippen LogP contribution in [0.15, 0.2) is 0 Å². The van der Waals surface area contributed by atoms with E-state index >= 15 is 0 Å². The van der Waals surface area contributed by atoms with Gasteiger partial charge in [0.2, 0.25) is 0 Å². The first-order valence-corrected chi connectivity index (χ1v) is 7.33. The Morgan fingerprint density at radius 2 is 2.07 bits per heavy atom. The van der Waals surface area contributed by atoms with Crippen LogP contribution < -0.4 is 5.32 Å². The molecule has 1 unspecified atom stereocenters. The molecule has 4 nitrogen and oxygen atoms in total. The fraction of sp³-hybridized carbons (Fsp3) is 1.00. The van der Waals surface area contributed by atoms with Crippen molar-refractivity contribution < 1.29 is 13.5 Å². The van der Waals surface area contributed by atoms with Crippen molar-refractivity contribution in [3.8, 4) is 0 Å². The van der Waals surface area contributed by atoms with Crippen molar-refractivity contribution in [2.45, 2.75) is 44.8 Å². The zero-order chi connectivity index (χ0) is 11.5. The van der Waals surface area contributed by atoms with Gasteiger partial charge in [0, 0.05) is 18.3 Å². The van der Waals surface area contributed by atoms with Gasteiger partial charge in [-0.2, -0.15) is 0 Å².